The highest BCUT2D eigenvalue weighted by Gasteiger charge is 2.42. The van der Waals surface area contributed by atoms with Gasteiger partial charge in [0.15, 0.2) is 0 Å². The number of hydrogen-bond donors (Lipinski definition) is 1. The number of carbonyl (C=O) groups excluding carboxylic acids is 1. The van der Waals surface area contributed by atoms with E-state index in [1.165, 1.54) is 18.5 Å². The van der Waals surface area contributed by atoms with Gasteiger partial charge in [-0.15, -0.1) is 0 Å². The Kier molecular flexibility index (Phi) is 6.71. The molecule has 1 aromatic carbocycles. The summed E-state index contributed by atoms with van der Waals surface area (Å²) < 4.78 is 6.40. The summed E-state index contributed by atoms with van der Waals surface area (Å²) in [4.78, 5) is 14.3. The first-order valence-corrected chi connectivity index (χ1v) is 10.3. The van der Waals surface area contributed by atoms with Crippen LogP contribution in [0.4, 0.5) is 0 Å². The molecular formula is C22H34N2O2. The van der Waals surface area contributed by atoms with Crippen LogP contribution in [0.1, 0.15) is 51.5 Å². The lowest BCUT2D eigenvalue weighted by Crippen LogP contribution is -2.45. The van der Waals surface area contributed by atoms with Crippen LogP contribution in [0.3, 0.4) is 0 Å². The molecule has 0 aliphatic carbocycles. The van der Waals surface area contributed by atoms with Gasteiger partial charge in [-0.3, -0.25) is 4.79 Å². The molecule has 0 saturated carbocycles. The number of nitrogens with one attached hydrogen (secondary N) is 1. The van der Waals surface area contributed by atoms with Gasteiger partial charge >= 0.3 is 0 Å². The van der Waals surface area contributed by atoms with Crippen molar-refractivity contribution in [3.05, 3.63) is 35.9 Å². The van der Waals surface area contributed by atoms with Crippen molar-refractivity contribution in [3.8, 4) is 0 Å². The van der Waals surface area contributed by atoms with Crippen molar-refractivity contribution in [2.24, 2.45) is 5.92 Å². The highest BCUT2D eigenvalue weighted by Crippen LogP contribution is 2.38. The number of likely N-dealkylation sites (tertiary alicyclic amines) is 1. The summed E-state index contributed by atoms with van der Waals surface area (Å²) in [5, 5.41) is 3.02. The molecular weight excluding hydrogens is 324 g/mol. The molecule has 1 atom stereocenters. The first kappa shape index (κ1) is 19.4. The molecule has 0 aromatic heterocycles. The second-order valence-electron chi connectivity index (χ2n) is 8.29. The zero-order valence-corrected chi connectivity index (χ0v) is 16.4. The number of nitrogens with zero attached hydrogens (tertiary/aromatic N) is 1. The van der Waals surface area contributed by atoms with E-state index in [0.29, 0.717) is 6.54 Å². The van der Waals surface area contributed by atoms with Gasteiger partial charge in [-0.1, -0.05) is 44.2 Å². The van der Waals surface area contributed by atoms with E-state index < -0.39 is 0 Å². The summed E-state index contributed by atoms with van der Waals surface area (Å²) in [6.07, 6.45) is 7.07. The number of ether oxygens (including phenoxy) is 1. The number of piperidine rings is 1. The predicted octanol–water partition coefficient (Wildman–Crippen LogP) is 3.41. The highest BCUT2D eigenvalue weighted by atomic mass is 16.5. The molecule has 1 unspecified atom stereocenters. The van der Waals surface area contributed by atoms with Crippen molar-refractivity contribution >= 4 is 5.91 Å². The van der Waals surface area contributed by atoms with Crippen LogP contribution < -0.4 is 5.32 Å². The van der Waals surface area contributed by atoms with E-state index in [9.17, 15) is 4.79 Å². The van der Waals surface area contributed by atoms with Crippen molar-refractivity contribution < 1.29 is 9.53 Å². The highest BCUT2D eigenvalue weighted by molar-refractivity contribution is 5.77. The van der Waals surface area contributed by atoms with E-state index >= 15 is 0 Å². The van der Waals surface area contributed by atoms with E-state index in [-0.39, 0.29) is 23.5 Å². The molecule has 1 N–H and O–H groups in total. The van der Waals surface area contributed by atoms with Gasteiger partial charge in [0.25, 0.3) is 0 Å². The molecule has 2 aliphatic heterocycles. The van der Waals surface area contributed by atoms with Gasteiger partial charge in [0, 0.05) is 25.6 Å². The van der Waals surface area contributed by atoms with Gasteiger partial charge in [0.2, 0.25) is 5.91 Å². The fourth-order valence-corrected chi connectivity index (χ4v) is 4.16. The molecule has 2 heterocycles. The van der Waals surface area contributed by atoms with E-state index in [2.05, 4.69) is 40.5 Å². The fourth-order valence-electron chi connectivity index (χ4n) is 4.16. The van der Waals surface area contributed by atoms with Crippen molar-refractivity contribution in [2.45, 2.75) is 64.1 Å². The Bertz CT molecular complexity index is 565. The third-order valence-electron chi connectivity index (χ3n) is 5.92. The molecule has 4 nitrogen and oxygen atoms in total. The minimum atomic E-state index is 0.0458. The third-order valence-corrected chi connectivity index (χ3v) is 5.92. The lowest BCUT2D eigenvalue weighted by atomic mass is 9.88. The maximum absolute atomic E-state index is 11.7. The van der Waals surface area contributed by atoms with Crippen LogP contribution in [0, 0.1) is 5.92 Å². The fraction of sp³-hybridized carbons (Fsp3) is 0.682. The Hall–Kier alpha value is -1.39. The van der Waals surface area contributed by atoms with E-state index in [1.54, 1.807) is 0 Å². The molecule has 3 rings (SSSR count). The largest absolute Gasteiger partial charge is 0.370 e. The quantitative estimate of drug-likeness (QED) is 0.812. The van der Waals surface area contributed by atoms with Crippen molar-refractivity contribution in [3.63, 3.8) is 0 Å². The van der Waals surface area contributed by atoms with Crippen LogP contribution in [-0.2, 0) is 16.0 Å². The van der Waals surface area contributed by atoms with Crippen LogP contribution in [-0.4, -0.2) is 48.7 Å². The zero-order chi connectivity index (χ0) is 18.4. The molecule has 2 aliphatic rings. The van der Waals surface area contributed by atoms with Gasteiger partial charge in [0.05, 0.1) is 11.7 Å². The number of aryl methyl sites for hydroxylation is 1. The Morgan fingerprint density at radius 2 is 1.96 bits per heavy atom. The first-order chi connectivity index (χ1) is 12.6. The third kappa shape index (κ3) is 5.31. The maximum atomic E-state index is 11.7. The molecule has 1 spiro atoms. The standard InChI is InChI=1S/C22H34N2O2/c1-18(2)21(25)23-17-20-10-11-22(26-20)12-15-24(16-13-22)14-6-9-19-7-4-3-5-8-19/h3-5,7-8,18,20H,6,9-17H2,1-2H3,(H,23,25). The molecule has 2 saturated heterocycles. The van der Waals surface area contributed by atoms with Crippen LogP contribution in [0.25, 0.3) is 0 Å². The monoisotopic (exact) mass is 358 g/mol. The number of benzene rings is 1. The Balaban J connectivity index is 1.35. The van der Waals surface area contributed by atoms with Gasteiger partial charge in [-0.2, -0.15) is 0 Å². The number of carbonyl (C=O) groups is 1. The summed E-state index contributed by atoms with van der Waals surface area (Å²) in [6, 6.07) is 10.8. The van der Waals surface area contributed by atoms with Gasteiger partial charge in [-0.25, -0.2) is 0 Å². The van der Waals surface area contributed by atoms with Crippen molar-refractivity contribution in [1.29, 1.82) is 0 Å². The summed E-state index contributed by atoms with van der Waals surface area (Å²) >= 11 is 0. The van der Waals surface area contributed by atoms with Crippen LogP contribution in [0.2, 0.25) is 0 Å². The maximum Gasteiger partial charge on any atom is 0.222 e. The molecule has 26 heavy (non-hydrogen) atoms. The normalized spacial score (nSPS) is 22.8. The summed E-state index contributed by atoms with van der Waals surface area (Å²) in [5.74, 6) is 0.173. The van der Waals surface area contributed by atoms with Crippen molar-refractivity contribution in [1.82, 2.24) is 10.2 Å². The van der Waals surface area contributed by atoms with E-state index in [1.807, 2.05) is 13.8 Å². The number of rotatable bonds is 7. The molecule has 144 valence electrons. The molecule has 0 bridgehead atoms. The van der Waals surface area contributed by atoms with Crippen molar-refractivity contribution in [2.75, 3.05) is 26.2 Å². The number of hydrogen-bond acceptors (Lipinski definition) is 3. The second-order valence-corrected chi connectivity index (χ2v) is 8.29. The van der Waals surface area contributed by atoms with Crippen LogP contribution in [0.5, 0.6) is 0 Å². The average molecular weight is 359 g/mol. The molecule has 1 amide bonds. The van der Waals surface area contributed by atoms with Gasteiger partial charge < -0.3 is 15.0 Å². The second kappa shape index (κ2) is 9.01. The van der Waals surface area contributed by atoms with Gasteiger partial charge in [-0.05, 0) is 50.6 Å². The summed E-state index contributed by atoms with van der Waals surface area (Å²) in [7, 11) is 0. The lowest BCUT2D eigenvalue weighted by Gasteiger charge is -2.39. The zero-order valence-electron chi connectivity index (χ0n) is 16.4. The molecule has 0 radical (unpaired) electrons. The van der Waals surface area contributed by atoms with Crippen LogP contribution >= 0.6 is 0 Å². The minimum absolute atomic E-state index is 0.0458. The van der Waals surface area contributed by atoms with E-state index in [4.69, 9.17) is 4.74 Å². The molecule has 4 heteroatoms. The summed E-state index contributed by atoms with van der Waals surface area (Å²) in [5.41, 5.74) is 1.51. The SMILES string of the molecule is CC(C)C(=O)NCC1CCC2(CCN(CCCc3ccccc3)CC2)O1. The smallest absolute Gasteiger partial charge is 0.222 e. The Labute approximate surface area is 158 Å². The number of amides is 1. The Morgan fingerprint density at radius 3 is 2.65 bits per heavy atom. The first-order valence-electron chi connectivity index (χ1n) is 10.3. The lowest BCUT2D eigenvalue weighted by molar-refractivity contribution is -0.125. The predicted molar refractivity (Wildman–Crippen MR) is 105 cm³/mol. The molecule has 2 fully saturated rings. The minimum Gasteiger partial charge on any atom is -0.370 e. The van der Waals surface area contributed by atoms with E-state index in [0.717, 1.165) is 45.2 Å². The topological polar surface area (TPSA) is 41.6 Å². The Morgan fingerprint density at radius 1 is 1.23 bits per heavy atom. The van der Waals surface area contributed by atoms with Crippen LogP contribution in [0.15, 0.2) is 30.3 Å². The average Bonchev–Trinajstić information content (AvgIpc) is 3.05. The molecule has 1 aromatic rings. The van der Waals surface area contributed by atoms with Gasteiger partial charge in [0.1, 0.15) is 0 Å². The summed E-state index contributed by atoms with van der Waals surface area (Å²) in [6.45, 7) is 7.98.